The summed E-state index contributed by atoms with van der Waals surface area (Å²) in [7, 11) is 4.01. The molecule has 6 heteroatoms. The van der Waals surface area contributed by atoms with Crippen LogP contribution in [0, 0.1) is 6.92 Å². The van der Waals surface area contributed by atoms with Crippen molar-refractivity contribution < 1.29 is 23.8 Å². The lowest BCUT2D eigenvalue weighted by molar-refractivity contribution is -0.138. The van der Waals surface area contributed by atoms with Crippen molar-refractivity contribution >= 4 is 17.6 Å². The third kappa shape index (κ3) is 3.74. The predicted molar refractivity (Wildman–Crippen MR) is 73.5 cm³/mol. The molecular formula is C14H17NO5. The Hall–Kier alpha value is -2.50. The van der Waals surface area contributed by atoms with Gasteiger partial charge in [-0.1, -0.05) is 6.07 Å². The molecule has 1 aromatic rings. The summed E-state index contributed by atoms with van der Waals surface area (Å²) >= 11 is 0. The topological polar surface area (TPSA) is 73.9 Å². The van der Waals surface area contributed by atoms with Crippen LogP contribution >= 0.6 is 0 Å². The number of hydrogen-bond donors (Lipinski definition) is 1. The fraction of sp³-hybridized carbons (Fsp3) is 0.286. The lowest BCUT2D eigenvalue weighted by Crippen LogP contribution is -2.16. The van der Waals surface area contributed by atoms with Crippen LogP contribution in [0.1, 0.15) is 5.56 Å². The minimum Gasteiger partial charge on any atom is -0.496 e. The van der Waals surface area contributed by atoms with Gasteiger partial charge >= 0.3 is 11.9 Å². The van der Waals surface area contributed by atoms with E-state index in [1.54, 1.807) is 25.3 Å². The smallest absolute Gasteiger partial charge is 0.354 e. The molecule has 0 bridgehead atoms. The molecule has 0 atom stereocenters. The van der Waals surface area contributed by atoms with Gasteiger partial charge in [0.05, 0.1) is 27.4 Å². The summed E-state index contributed by atoms with van der Waals surface area (Å²) in [5.74, 6) is -0.659. The van der Waals surface area contributed by atoms with Gasteiger partial charge in [-0.3, -0.25) is 0 Å². The minimum absolute atomic E-state index is 0.0179. The van der Waals surface area contributed by atoms with E-state index >= 15 is 0 Å². The summed E-state index contributed by atoms with van der Waals surface area (Å²) in [4.78, 5) is 22.9. The Morgan fingerprint density at radius 3 is 2.40 bits per heavy atom. The first-order valence-electron chi connectivity index (χ1n) is 5.82. The lowest BCUT2D eigenvalue weighted by Gasteiger charge is -2.13. The minimum atomic E-state index is -0.669. The van der Waals surface area contributed by atoms with E-state index in [9.17, 15) is 9.59 Å². The SMILES string of the molecule is COC(=O)C=C(Nc1cccc(OC)c1C)C(=O)OC. The highest BCUT2D eigenvalue weighted by Gasteiger charge is 2.14. The van der Waals surface area contributed by atoms with E-state index in [1.165, 1.54) is 14.2 Å². The average molecular weight is 279 g/mol. The molecule has 0 aromatic heterocycles. The second-order valence-corrected chi connectivity index (χ2v) is 3.83. The van der Waals surface area contributed by atoms with E-state index in [1.807, 2.05) is 6.92 Å². The van der Waals surface area contributed by atoms with Gasteiger partial charge < -0.3 is 19.5 Å². The lowest BCUT2D eigenvalue weighted by atomic mass is 10.1. The van der Waals surface area contributed by atoms with Gasteiger partial charge in [-0.15, -0.1) is 0 Å². The highest BCUT2D eigenvalue weighted by atomic mass is 16.5. The van der Waals surface area contributed by atoms with Crippen molar-refractivity contribution in [3.05, 3.63) is 35.5 Å². The molecule has 0 aliphatic rings. The number of esters is 2. The highest BCUT2D eigenvalue weighted by molar-refractivity contribution is 5.98. The van der Waals surface area contributed by atoms with Crippen LogP contribution in [0.5, 0.6) is 5.75 Å². The van der Waals surface area contributed by atoms with Crippen LogP contribution in [-0.2, 0) is 19.1 Å². The third-order valence-electron chi connectivity index (χ3n) is 2.64. The Labute approximate surface area is 117 Å². The van der Waals surface area contributed by atoms with E-state index in [0.717, 1.165) is 11.6 Å². The monoisotopic (exact) mass is 279 g/mol. The maximum Gasteiger partial charge on any atom is 0.354 e. The fourth-order valence-electron chi connectivity index (χ4n) is 1.55. The molecule has 0 unspecified atom stereocenters. The van der Waals surface area contributed by atoms with E-state index in [2.05, 4.69) is 14.8 Å². The van der Waals surface area contributed by atoms with Crippen LogP contribution in [0.15, 0.2) is 30.0 Å². The maximum absolute atomic E-state index is 11.6. The predicted octanol–water partition coefficient (Wildman–Crippen LogP) is 1.65. The molecule has 0 fully saturated rings. The molecule has 0 aliphatic carbocycles. The molecule has 0 spiro atoms. The number of nitrogens with one attached hydrogen (secondary N) is 1. The number of carbonyl (C=O) groups is 2. The van der Waals surface area contributed by atoms with E-state index < -0.39 is 11.9 Å². The van der Waals surface area contributed by atoms with Crippen molar-refractivity contribution in [1.82, 2.24) is 0 Å². The Morgan fingerprint density at radius 2 is 1.85 bits per heavy atom. The molecular weight excluding hydrogens is 262 g/mol. The Bertz CT molecular complexity index is 536. The molecule has 1 N–H and O–H groups in total. The molecule has 0 aliphatic heterocycles. The molecule has 1 rings (SSSR count). The van der Waals surface area contributed by atoms with Crippen LogP contribution in [-0.4, -0.2) is 33.3 Å². The van der Waals surface area contributed by atoms with Crippen LogP contribution in [0.3, 0.4) is 0 Å². The fourth-order valence-corrected chi connectivity index (χ4v) is 1.55. The van der Waals surface area contributed by atoms with E-state index in [4.69, 9.17) is 4.74 Å². The van der Waals surface area contributed by atoms with Gasteiger partial charge in [-0.25, -0.2) is 9.59 Å². The average Bonchev–Trinajstić information content (AvgIpc) is 2.47. The van der Waals surface area contributed by atoms with Gasteiger partial charge in [0.25, 0.3) is 0 Å². The van der Waals surface area contributed by atoms with Gasteiger partial charge in [-0.05, 0) is 19.1 Å². The van der Waals surface area contributed by atoms with E-state index in [-0.39, 0.29) is 5.70 Å². The van der Waals surface area contributed by atoms with Gasteiger partial charge in [-0.2, -0.15) is 0 Å². The molecule has 0 radical (unpaired) electrons. The molecule has 20 heavy (non-hydrogen) atoms. The van der Waals surface area contributed by atoms with Crippen molar-refractivity contribution in [2.24, 2.45) is 0 Å². The first-order chi connectivity index (χ1) is 9.53. The second-order valence-electron chi connectivity index (χ2n) is 3.83. The zero-order chi connectivity index (χ0) is 15.1. The maximum atomic E-state index is 11.6. The summed E-state index contributed by atoms with van der Waals surface area (Å²) < 4.78 is 14.3. The van der Waals surface area contributed by atoms with Gasteiger partial charge in [0.2, 0.25) is 0 Å². The van der Waals surface area contributed by atoms with E-state index in [0.29, 0.717) is 11.4 Å². The summed E-state index contributed by atoms with van der Waals surface area (Å²) in [6, 6.07) is 5.31. The molecule has 108 valence electrons. The number of benzene rings is 1. The number of ether oxygens (including phenoxy) is 3. The molecule has 6 nitrogen and oxygen atoms in total. The zero-order valence-electron chi connectivity index (χ0n) is 11.9. The van der Waals surface area contributed by atoms with Crippen LogP contribution in [0.25, 0.3) is 0 Å². The summed E-state index contributed by atoms with van der Waals surface area (Å²) in [5, 5.41) is 2.84. The van der Waals surface area contributed by atoms with Crippen molar-refractivity contribution in [3.63, 3.8) is 0 Å². The Morgan fingerprint density at radius 1 is 1.15 bits per heavy atom. The highest BCUT2D eigenvalue weighted by Crippen LogP contribution is 2.26. The third-order valence-corrected chi connectivity index (χ3v) is 2.64. The first-order valence-corrected chi connectivity index (χ1v) is 5.82. The van der Waals surface area contributed by atoms with Gasteiger partial charge in [0.1, 0.15) is 11.4 Å². The summed E-state index contributed by atoms with van der Waals surface area (Å²) in [6.07, 6.45) is 1.03. The van der Waals surface area contributed by atoms with Crippen LogP contribution < -0.4 is 10.1 Å². The Kier molecular flexibility index (Phi) is 5.58. The quantitative estimate of drug-likeness (QED) is 0.652. The number of carbonyl (C=O) groups excluding carboxylic acids is 2. The van der Waals surface area contributed by atoms with Crippen LogP contribution in [0.4, 0.5) is 5.69 Å². The molecule has 0 saturated heterocycles. The number of anilines is 1. The standard InChI is InChI=1S/C14H17NO5/c1-9-10(6-5-7-12(9)18-2)15-11(14(17)20-4)8-13(16)19-3/h5-8,15H,1-4H3. The molecule has 0 saturated carbocycles. The number of hydrogen-bond acceptors (Lipinski definition) is 6. The van der Waals surface area contributed by atoms with Gasteiger partial charge in [0, 0.05) is 11.3 Å². The number of rotatable bonds is 5. The van der Waals surface area contributed by atoms with Gasteiger partial charge in [0.15, 0.2) is 0 Å². The van der Waals surface area contributed by atoms with Crippen molar-refractivity contribution in [2.75, 3.05) is 26.6 Å². The molecule has 0 heterocycles. The zero-order valence-corrected chi connectivity index (χ0v) is 11.9. The van der Waals surface area contributed by atoms with Crippen molar-refractivity contribution in [2.45, 2.75) is 6.92 Å². The molecule has 1 aromatic carbocycles. The summed E-state index contributed by atoms with van der Waals surface area (Å²) in [5.41, 5.74) is 1.41. The normalized spacial score (nSPS) is 10.7. The second kappa shape index (κ2) is 7.18. The van der Waals surface area contributed by atoms with Crippen molar-refractivity contribution in [3.8, 4) is 5.75 Å². The van der Waals surface area contributed by atoms with Crippen LogP contribution in [0.2, 0.25) is 0 Å². The number of methoxy groups -OCH3 is 3. The first kappa shape index (κ1) is 15.6. The molecule has 0 amide bonds. The Balaban J connectivity index is 3.11. The summed E-state index contributed by atoms with van der Waals surface area (Å²) in [6.45, 7) is 1.83. The largest absolute Gasteiger partial charge is 0.496 e. The van der Waals surface area contributed by atoms with Crippen molar-refractivity contribution in [1.29, 1.82) is 0 Å².